The van der Waals surface area contributed by atoms with Gasteiger partial charge in [-0.25, -0.2) is 0 Å². The highest BCUT2D eigenvalue weighted by Gasteiger charge is 2.19. The molecule has 0 saturated carbocycles. The van der Waals surface area contributed by atoms with E-state index in [0.29, 0.717) is 22.6 Å². The lowest BCUT2D eigenvalue weighted by molar-refractivity contribution is -0.393. The minimum absolute atomic E-state index is 0.0279. The summed E-state index contributed by atoms with van der Waals surface area (Å²) >= 11 is 0. The van der Waals surface area contributed by atoms with Crippen molar-refractivity contribution in [1.29, 1.82) is 0 Å². The highest BCUT2D eigenvalue weighted by Crippen LogP contribution is 2.30. The van der Waals surface area contributed by atoms with E-state index in [-0.39, 0.29) is 11.4 Å². The summed E-state index contributed by atoms with van der Waals surface area (Å²) in [5.41, 5.74) is 2.81. The van der Waals surface area contributed by atoms with E-state index in [0.717, 1.165) is 12.1 Å². The van der Waals surface area contributed by atoms with Gasteiger partial charge in [0.15, 0.2) is 0 Å². The van der Waals surface area contributed by atoms with Gasteiger partial charge >= 0.3 is 5.69 Å². The number of anilines is 1. The van der Waals surface area contributed by atoms with Crippen LogP contribution in [0.15, 0.2) is 58.0 Å². The Morgan fingerprint density at radius 2 is 1.57 bits per heavy atom. The Kier molecular flexibility index (Phi) is 5.49. The van der Waals surface area contributed by atoms with Gasteiger partial charge in [-0.3, -0.25) is 35.8 Å². The Labute approximate surface area is 167 Å². The standard InChI is InChI=1S/C18H13N5O7/c1-11-8-12(21(24)25)2-5-15(11)18-7-4-14(30-18)10-19-20-16-6-3-13(22(26)27)9-17(16)23(28)29/h2-10,20H,1H3/b19-10+. The molecule has 0 aliphatic rings. The van der Waals surface area contributed by atoms with Crippen molar-refractivity contribution in [2.24, 2.45) is 5.10 Å². The van der Waals surface area contributed by atoms with Crippen LogP contribution in [0.2, 0.25) is 0 Å². The number of nitro benzene ring substituents is 3. The molecule has 0 bridgehead atoms. The number of hydrogen-bond donors (Lipinski definition) is 1. The molecular weight excluding hydrogens is 398 g/mol. The molecule has 0 atom stereocenters. The van der Waals surface area contributed by atoms with Gasteiger partial charge in [0.2, 0.25) is 0 Å². The molecule has 3 aromatic rings. The van der Waals surface area contributed by atoms with Crippen LogP contribution < -0.4 is 5.43 Å². The van der Waals surface area contributed by atoms with Crippen molar-refractivity contribution >= 4 is 29.0 Å². The molecule has 1 N–H and O–H groups in total. The van der Waals surface area contributed by atoms with Gasteiger partial charge in [-0.15, -0.1) is 0 Å². The first kappa shape index (κ1) is 20.1. The minimum atomic E-state index is -0.757. The molecule has 0 aliphatic carbocycles. The van der Waals surface area contributed by atoms with Crippen molar-refractivity contribution in [3.8, 4) is 11.3 Å². The van der Waals surface area contributed by atoms with E-state index in [1.807, 2.05) is 0 Å². The number of nitrogens with one attached hydrogen (secondary N) is 1. The average Bonchev–Trinajstić information content (AvgIpc) is 3.16. The maximum absolute atomic E-state index is 11.1. The van der Waals surface area contributed by atoms with E-state index in [2.05, 4.69) is 10.5 Å². The van der Waals surface area contributed by atoms with Crippen LogP contribution in [0, 0.1) is 37.3 Å². The number of non-ortho nitro benzene ring substituents is 2. The number of aryl methyl sites for hydroxylation is 1. The third-order valence-electron chi connectivity index (χ3n) is 4.08. The molecule has 0 saturated heterocycles. The maximum Gasteiger partial charge on any atom is 0.301 e. The third-order valence-corrected chi connectivity index (χ3v) is 4.08. The Balaban J connectivity index is 1.78. The molecule has 1 heterocycles. The molecule has 2 aromatic carbocycles. The van der Waals surface area contributed by atoms with Crippen LogP contribution in [0.5, 0.6) is 0 Å². The van der Waals surface area contributed by atoms with Crippen LogP contribution in [0.25, 0.3) is 11.3 Å². The van der Waals surface area contributed by atoms with E-state index in [9.17, 15) is 30.3 Å². The topological polar surface area (TPSA) is 167 Å². The second kappa shape index (κ2) is 8.18. The zero-order chi connectivity index (χ0) is 21.8. The number of nitrogens with zero attached hydrogens (tertiary/aromatic N) is 4. The SMILES string of the molecule is Cc1cc([N+](=O)[O-])ccc1-c1ccc(/C=N/Nc2ccc([N+](=O)[O-])cc2[N+](=O)[O-])o1. The van der Waals surface area contributed by atoms with Gasteiger partial charge in [-0.1, -0.05) is 0 Å². The van der Waals surface area contributed by atoms with E-state index in [1.165, 1.54) is 24.4 Å². The summed E-state index contributed by atoms with van der Waals surface area (Å²) in [4.78, 5) is 30.8. The largest absolute Gasteiger partial charge is 0.455 e. The summed E-state index contributed by atoms with van der Waals surface area (Å²) < 4.78 is 5.63. The first-order valence-corrected chi connectivity index (χ1v) is 8.33. The molecule has 0 fully saturated rings. The summed E-state index contributed by atoms with van der Waals surface area (Å²) in [5.74, 6) is 0.782. The fourth-order valence-electron chi connectivity index (χ4n) is 2.65. The molecule has 0 aliphatic heterocycles. The van der Waals surface area contributed by atoms with Gasteiger partial charge in [0.05, 0.1) is 27.1 Å². The lowest BCUT2D eigenvalue weighted by Crippen LogP contribution is -1.98. The highest BCUT2D eigenvalue weighted by molar-refractivity contribution is 5.79. The van der Waals surface area contributed by atoms with E-state index < -0.39 is 26.1 Å². The number of benzene rings is 2. The summed E-state index contributed by atoms with van der Waals surface area (Å²) in [7, 11) is 0. The minimum Gasteiger partial charge on any atom is -0.455 e. The summed E-state index contributed by atoms with van der Waals surface area (Å²) in [6, 6.07) is 10.8. The second-order valence-electron chi connectivity index (χ2n) is 6.04. The molecule has 0 amide bonds. The molecule has 0 unspecified atom stereocenters. The molecule has 152 valence electrons. The van der Waals surface area contributed by atoms with Crippen LogP contribution >= 0.6 is 0 Å². The van der Waals surface area contributed by atoms with Crippen LogP contribution in [0.1, 0.15) is 11.3 Å². The average molecular weight is 411 g/mol. The zero-order valence-corrected chi connectivity index (χ0v) is 15.3. The number of furan rings is 1. The van der Waals surface area contributed by atoms with Crippen molar-refractivity contribution < 1.29 is 19.2 Å². The molecule has 0 spiro atoms. The van der Waals surface area contributed by atoms with Gasteiger partial charge < -0.3 is 4.42 Å². The number of hydrogen-bond acceptors (Lipinski definition) is 9. The highest BCUT2D eigenvalue weighted by atomic mass is 16.6. The molecular formula is C18H13N5O7. The fourth-order valence-corrected chi connectivity index (χ4v) is 2.65. The van der Waals surface area contributed by atoms with E-state index >= 15 is 0 Å². The molecule has 12 heteroatoms. The molecule has 30 heavy (non-hydrogen) atoms. The summed E-state index contributed by atoms with van der Waals surface area (Å²) in [6.07, 6.45) is 1.27. The lowest BCUT2D eigenvalue weighted by atomic mass is 10.1. The quantitative estimate of drug-likeness (QED) is 0.338. The van der Waals surface area contributed by atoms with Gasteiger partial charge in [-0.2, -0.15) is 5.10 Å². The van der Waals surface area contributed by atoms with E-state index in [4.69, 9.17) is 4.42 Å². The van der Waals surface area contributed by atoms with Crippen molar-refractivity contribution in [3.63, 3.8) is 0 Å². The predicted molar refractivity (Wildman–Crippen MR) is 107 cm³/mol. The van der Waals surface area contributed by atoms with Crippen molar-refractivity contribution in [2.75, 3.05) is 5.43 Å². The van der Waals surface area contributed by atoms with Crippen molar-refractivity contribution in [3.05, 3.63) is 90.2 Å². The number of hydrazone groups is 1. The zero-order valence-electron chi connectivity index (χ0n) is 15.3. The van der Waals surface area contributed by atoms with Crippen LogP contribution in [-0.2, 0) is 0 Å². The monoisotopic (exact) mass is 411 g/mol. The van der Waals surface area contributed by atoms with Crippen molar-refractivity contribution in [1.82, 2.24) is 0 Å². The van der Waals surface area contributed by atoms with Gasteiger partial charge in [0.1, 0.15) is 17.2 Å². The first-order chi connectivity index (χ1) is 14.3. The Morgan fingerprint density at radius 3 is 2.20 bits per heavy atom. The molecule has 1 aromatic heterocycles. The van der Waals surface area contributed by atoms with Crippen molar-refractivity contribution in [2.45, 2.75) is 6.92 Å². The number of nitro groups is 3. The predicted octanol–water partition coefficient (Wildman–Crippen LogP) is 4.43. The smallest absolute Gasteiger partial charge is 0.301 e. The van der Waals surface area contributed by atoms with Gasteiger partial charge in [0.25, 0.3) is 11.4 Å². The van der Waals surface area contributed by atoms with Gasteiger partial charge in [-0.05, 0) is 36.8 Å². The Hall–Kier alpha value is -4.61. The lowest BCUT2D eigenvalue weighted by Gasteiger charge is -2.02. The first-order valence-electron chi connectivity index (χ1n) is 8.33. The third kappa shape index (κ3) is 4.27. The fraction of sp³-hybridized carbons (Fsp3) is 0.0556. The molecule has 12 nitrogen and oxygen atoms in total. The molecule has 0 radical (unpaired) electrons. The van der Waals surface area contributed by atoms with Gasteiger partial charge in [0, 0.05) is 23.8 Å². The second-order valence-corrected chi connectivity index (χ2v) is 6.04. The van der Waals surface area contributed by atoms with E-state index in [1.54, 1.807) is 25.1 Å². The summed E-state index contributed by atoms with van der Waals surface area (Å²) in [6.45, 7) is 1.72. The van der Waals surface area contributed by atoms with Crippen LogP contribution in [0.4, 0.5) is 22.7 Å². The maximum atomic E-state index is 11.1. The number of rotatable bonds is 7. The Morgan fingerprint density at radius 1 is 0.900 bits per heavy atom. The Bertz CT molecular complexity index is 1190. The van der Waals surface area contributed by atoms with Crippen LogP contribution in [0.3, 0.4) is 0 Å². The normalized spacial score (nSPS) is 10.8. The summed E-state index contributed by atoms with van der Waals surface area (Å²) in [5, 5.41) is 36.6. The molecule has 3 rings (SSSR count). The van der Waals surface area contributed by atoms with Crippen LogP contribution in [-0.4, -0.2) is 21.0 Å².